The molecule has 0 atom stereocenters. The summed E-state index contributed by atoms with van der Waals surface area (Å²) in [4.78, 5) is 15.4. The first-order valence-corrected chi connectivity index (χ1v) is 5.67. The van der Waals surface area contributed by atoms with Crippen LogP contribution in [0.15, 0.2) is 4.52 Å². The van der Waals surface area contributed by atoms with Gasteiger partial charge in [0.25, 0.3) is 0 Å². The molecule has 0 aliphatic carbocycles. The molecule has 1 aromatic heterocycles. The van der Waals surface area contributed by atoms with Gasteiger partial charge in [0.1, 0.15) is 12.4 Å². The Hall–Kier alpha value is -1.23. The van der Waals surface area contributed by atoms with Crippen molar-refractivity contribution in [2.75, 3.05) is 6.61 Å². The van der Waals surface area contributed by atoms with Crippen molar-refractivity contribution in [1.82, 2.24) is 10.1 Å². The molecule has 0 fully saturated rings. The fraction of sp³-hybridized carbons (Fsp3) is 0.727. The van der Waals surface area contributed by atoms with Crippen LogP contribution < -0.4 is 0 Å². The Kier molecular flexibility index (Phi) is 5.71. The van der Waals surface area contributed by atoms with E-state index < -0.39 is 0 Å². The zero-order valence-corrected chi connectivity index (χ0v) is 9.86. The molecule has 1 heterocycles. The smallest absolute Gasteiger partial charge is 0.234 e. The summed E-state index contributed by atoms with van der Waals surface area (Å²) in [5.41, 5.74) is 0. The van der Waals surface area contributed by atoms with Gasteiger partial charge >= 0.3 is 0 Å². The minimum atomic E-state index is 0.132. The topological polar surface area (TPSA) is 65.2 Å². The van der Waals surface area contributed by atoms with Crippen LogP contribution in [0.2, 0.25) is 0 Å². The molecule has 0 saturated carbocycles. The number of hydrogen-bond donors (Lipinski definition) is 0. The van der Waals surface area contributed by atoms with Gasteiger partial charge in [-0.1, -0.05) is 19.0 Å². The lowest BCUT2D eigenvalue weighted by molar-refractivity contribution is -0.118. The van der Waals surface area contributed by atoms with Crippen LogP contribution in [0.3, 0.4) is 0 Å². The minimum absolute atomic E-state index is 0.132. The van der Waals surface area contributed by atoms with Gasteiger partial charge in [0, 0.05) is 13.0 Å². The molecule has 5 heteroatoms. The monoisotopic (exact) mass is 226 g/mol. The number of ether oxygens (including phenoxy) is 1. The zero-order valence-electron chi connectivity index (χ0n) is 9.86. The Bertz CT molecular complexity index is 323. The van der Waals surface area contributed by atoms with Crippen molar-refractivity contribution in [2.24, 2.45) is 0 Å². The van der Waals surface area contributed by atoms with E-state index in [2.05, 4.69) is 10.1 Å². The normalized spacial score (nSPS) is 10.6. The predicted molar refractivity (Wildman–Crippen MR) is 57.9 cm³/mol. The van der Waals surface area contributed by atoms with Crippen LogP contribution in [0.5, 0.6) is 0 Å². The summed E-state index contributed by atoms with van der Waals surface area (Å²) in [5.74, 6) is 1.02. The van der Waals surface area contributed by atoms with E-state index in [1.54, 1.807) is 0 Å². The number of rotatable bonds is 8. The van der Waals surface area contributed by atoms with Crippen LogP contribution in [0, 0.1) is 0 Å². The molecule has 0 aliphatic rings. The quantitative estimate of drug-likeness (QED) is 0.633. The summed E-state index contributed by atoms with van der Waals surface area (Å²) in [6.45, 7) is 5.03. The standard InChI is InChI=1S/C11H18N2O3/c1-3-5-9(14)7-11-12-10(13-16-11)8-15-6-4-2/h3-8H2,1-2H3. The van der Waals surface area contributed by atoms with Crippen molar-refractivity contribution < 1.29 is 14.1 Å². The number of nitrogens with zero attached hydrogens (tertiary/aromatic N) is 2. The molecule has 0 saturated heterocycles. The number of hydrogen-bond acceptors (Lipinski definition) is 5. The molecule has 0 aromatic carbocycles. The Morgan fingerprint density at radius 2 is 2.19 bits per heavy atom. The molecular formula is C11H18N2O3. The molecule has 16 heavy (non-hydrogen) atoms. The number of Topliss-reactive ketones (excluding diaryl/α,β-unsaturated/α-hetero) is 1. The molecule has 0 unspecified atom stereocenters. The van der Waals surface area contributed by atoms with Gasteiger partial charge in [-0.15, -0.1) is 0 Å². The Balaban J connectivity index is 2.36. The van der Waals surface area contributed by atoms with Gasteiger partial charge in [-0.2, -0.15) is 4.98 Å². The van der Waals surface area contributed by atoms with Crippen molar-refractivity contribution in [3.05, 3.63) is 11.7 Å². The minimum Gasteiger partial charge on any atom is -0.373 e. The molecule has 90 valence electrons. The first-order valence-electron chi connectivity index (χ1n) is 5.67. The van der Waals surface area contributed by atoms with Crippen LogP contribution in [-0.4, -0.2) is 22.5 Å². The van der Waals surface area contributed by atoms with Gasteiger partial charge in [-0.05, 0) is 12.8 Å². The van der Waals surface area contributed by atoms with E-state index in [9.17, 15) is 4.79 Å². The van der Waals surface area contributed by atoms with E-state index in [4.69, 9.17) is 9.26 Å². The number of carbonyl (C=O) groups excluding carboxylic acids is 1. The maximum absolute atomic E-state index is 11.3. The molecule has 1 aromatic rings. The molecule has 0 amide bonds. The highest BCUT2D eigenvalue weighted by Gasteiger charge is 2.10. The molecule has 1 rings (SSSR count). The van der Waals surface area contributed by atoms with E-state index in [0.29, 0.717) is 31.3 Å². The summed E-state index contributed by atoms with van der Waals surface area (Å²) < 4.78 is 10.2. The number of ketones is 1. The average molecular weight is 226 g/mol. The SMILES string of the molecule is CCCOCc1noc(CC(=O)CCC)n1. The molecule has 0 spiro atoms. The zero-order chi connectivity index (χ0) is 11.8. The lowest BCUT2D eigenvalue weighted by Gasteiger charge is -1.95. The van der Waals surface area contributed by atoms with E-state index in [0.717, 1.165) is 12.8 Å². The van der Waals surface area contributed by atoms with Crippen LogP contribution in [0.1, 0.15) is 44.8 Å². The maximum atomic E-state index is 11.3. The highest BCUT2D eigenvalue weighted by molar-refractivity contribution is 5.79. The number of carbonyl (C=O) groups is 1. The Morgan fingerprint density at radius 1 is 1.38 bits per heavy atom. The second-order valence-electron chi connectivity index (χ2n) is 3.62. The van der Waals surface area contributed by atoms with Gasteiger partial charge in [-0.25, -0.2) is 0 Å². The van der Waals surface area contributed by atoms with Crippen LogP contribution in [-0.2, 0) is 22.6 Å². The Morgan fingerprint density at radius 3 is 2.88 bits per heavy atom. The van der Waals surface area contributed by atoms with Gasteiger partial charge in [-0.3, -0.25) is 4.79 Å². The van der Waals surface area contributed by atoms with E-state index in [-0.39, 0.29) is 12.2 Å². The van der Waals surface area contributed by atoms with Crippen molar-refractivity contribution in [2.45, 2.75) is 46.1 Å². The van der Waals surface area contributed by atoms with Gasteiger partial charge in [0.05, 0.1) is 6.42 Å². The third kappa shape index (κ3) is 4.53. The highest BCUT2D eigenvalue weighted by Crippen LogP contribution is 2.03. The third-order valence-electron chi connectivity index (χ3n) is 1.97. The van der Waals surface area contributed by atoms with Crippen molar-refractivity contribution >= 4 is 5.78 Å². The summed E-state index contributed by atoms with van der Waals surface area (Å²) in [7, 11) is 0. The van der Waals surface area contributed by atoms with E-state index in [1.165, 1.54) is 0 Å². The van der Waals surface area contributed by atoms with Crippen molar-refractivity contribution in [3.63, 3.8) is 0 Å². The molecule has 5 nitrogen and oxygen atoms in total. The van der Waals surface area contributed by atoms with Crippen molar-refractivity contribution in [3.8, 4) is 0 Å². The molecular weight excluding hydrogens is 208 g/mol. The van der Waals surface area contributed by atoms with E-state index >= 15 is 0 Å². The first-order chi connectivity index (χ1) is 7.76. The average Bonchev–Trinajstić information content (AvgIpc) is 2.66. The maximum Gasteiger partial charge on any atom is 0.234 e. The summed E-state index contributed by atoms with van der Waals surface area (Å²) in [5, 5.41) is 3.74. The molecule has 0 N–H and O–H groups in total. The highest BCUT2D eigenvalue weighted by atomic mass is 16.5. The summed E-state index contributed by atoms with van der Waals surface area (Å²) >= 11 is 0. The lowest BCUT2D eigenvalue weighted by Crippen LogP contribution is -2.02. The summed E-state index contributed by atoms with van der Waals surface area (Å²) in [6.07, 6.45) is 2.60. The first kappa shape index (κ1) is 12.8. The number of aromatic nitrogens is 2. The van der Waals surface area contributed by atoms with Gasteiger partial charge in [0.15, 0.2) is 5.82 Å². The van der Waals surface area contributed by atoms with Crippen molar-refractivity contribution in [1.29, 1.82) is 0 Å². The third-order valence-corrected chi connectivity index (χ3v) is 1.97. The Labute approximate surface area is 95.2 Å². The molecule has 0 aliphatic heterocycles. The summed E-state index contributed by atoms with van der Waals surface area (Å²) in [6, 6.07) is 0. The van der Waals surface area contributed by atoms with Gasteiger partial charge in [0.2, 0.25) is 5.89 Å². The largest absolute Gasteiger partial charge is 0.373 e. The fourth-order valence-electron chi connectivity index (χ4n) is 1.26. The van der Waals surface area contributed by atoms with Crippen LogP contribution in [0.25, 0.3) is 0 Å². The lowest BCUT2D eigenvalue weighted by atomic mass is 10.2. The predicted octanol–water partition coefficient (Wildman–Crippen LogP) is 1.91. The molecule has 0 radical (unpaired) electrons. The van der Waals surface area contributed by atoms with E-state index in [1.807, 2.05) is 13.8 Å². The molecule has 0 bridgehead atoms. The second-order valence-corrected chi connectivity index (χ2v) is 3.62. The van der Waals surface area contributed by atoms with Gasteiger partial charge < -0.3 is 9.26 Å². The van der Waals surface area contributed by atoms with Crippen LogP contribution in [0.4, 0.5) is 0 Å². The van der Waals surface area contributed by atoms with Crippen LogP contribution >= 0.6 is 0 Å². The second kappa shape index (κ2) is 7.11. The fourth-order valence-corrected chi connectivity index (χ4v) is 1.26.